The fourth-order valence-corrected chi connectivity index (χ4v) is 7.62. The molecule has 0 radical (unpaired) electrons. The van der Waals surface area contributed by atoms with Gasteiger partial charge in [-0.05, 0) is 91.0 Å². The second-order valence-electron chi connectivity index (χ2n) is 13.0. The van der Waals surface area contributed by atoms with Crippen molar-refractivity contribution in [3.05, 3.63) is 106 Å². The first-order valence-electron chi connectivity index (χ1n) is 15.0. The van der Waals surface area contributed by atoms with Crippen LogP contribution in [0.2, 0.25) is 5.02 Å². The summed E-state index contributed by atoms with van der Waals surface area (Å²) in [5, 5.41) is 6.68. The van der Waals surface area contributed by atoms with Crippen LogP contribution in [-0.4, -0.2) is 36.6 Å². The zero-order valence-electron chi connectivity index (χ0n) is 24.7. The van der Waals surface area contributed by atoms with Gasteiger partial charge in [-0.15, -0.1) is 0 Å². The van der Waals surface area contributed by atoms with Gasteiger partial charge in [0.05, 0.1) is 30.1 Å². The minimum Gasteiger partial charge on any atom is -0.404 e. The van der Waals surface area contributed by atoms with E-state index >= 15 is 0 Å². The first-order valence-corrected chi connectivity index (χ1v) is 15.4. The van der Waals surface area contributed by atoms with Crippen LogP contribution in [-0.2, 0) is 20.5 Å². The molecule has 2 bridgehead atoms. The predicted molar refractivity (Wildman–Crippen MR) is 165 cm³/mol. The van der Waals surface area contributed by atoms with Gasteiger partial charge in [-0.2, -0.15) is 0 Å². The molecule has 1 heterocycles. The van der Waals surface area contributed by atoms with Gasteiger partial charge in [0, 0.05) is 10.6 Å². The number of benzene rings is 3. The standard InChI is InChI=1S/C34H37BClFN2O4/c1-33(2)24-18-28(33)34(3)29(19-24)42-35(43-34)30(16-21-12-14-26(37)15-13-21)39-31(40)20-27(23-10-7-11-25(36)17-23)38-32(41)22-8-5-4-6-9-22/h4-15,17,24,27-30H,16,18-20H2,1-3H3,(H,38,41)(H,39,40)/t24?,27?,28?,29-,30+,34+/m1/s1. The maximum atomic E-state index is 13.7. The van der Waals surface area contributed by atoms with Crippen molar-refractivity contribution in [1.82, 2.24) is 10.6 Å². The highest BCUT2D eigenvalue weighted by molar-refractivity contribution is 6.48. The Kier molecular flexibility index (Phi) is 8.13. The molecule has 1 aliphatic heterocycles. The molecule has 3 unspecified atom stereocenters. The second kappa shape index (κ2) is 11.7. The van der Waals surface area contributed by atoms with Crippen molar-refractivity contribution >= 4 is 30.5 Å². The Labute approximate surface area is 257 Å². The normalized spacial score (nSPS) is 26.5. The molecule has 224 valence electrons. The van der Waals surface area contributed by atoms with E-state index in [4.69, 9.17) is 20.9 Å². The van der Waals surface area contributed by atoms with Gasteiger partial charge in [0.2, 0.25) is 5.91 Å². The number of hydrogen-bond acceptors (Lipinski definition) is 4. The molecule has 4 fully saturated rings. The Balaban J connectivity index is 1.22. The van der Waals surface area contributed by atoms with E-state index in [1.165, 1.54) is 12.1 Å². The van der Waals surface area contributed by atoms with E-state index in [0.717, 1.165) is 24.0 Å². The second-order valence-corrected chi connectivity index (χ2v) is 13.4. The molecule has 7 rings (SSSR count). The molecule has 43 heavy (non-hydrogen) atoms. The Morgan fingerprint density at radius 1 is 1.00 bits per heavy atom. The maximum absolute atomic E-state index is 13.7. The number of carbonyl (C=O) groups is 2. The highest BCUT2D eigenvalue weighted by atomic mass is 35.5. The number of rotatable bonds is 9. The summed E-state index contributed by atoms with van der Waals surface area (Å²) in [6, 6.07) is 21.6. The molecular formula is C34H37BClFN2O4. The zero-order chi connectivity index (χ0) is 30.4. The Morgan fingerprint density at radius 3 is 2.44 bits per heavy atom. The van der Waals surface area contributed by atoms with E-state index in [1.54, 1.807) is 54.6 Å². The van der Waals surface area contributed by atoms with Crippen LogP contribution in [0.5, 0.6) is 0 Å². The van der Waals surface area contributed by atoms with Gasteiger partial charge in [-0.25, -0.2) is 4.39 Å². The SMILES string of the molecule is CC1(C)C2CC1[C@]1(C)OB([C@H](Cc3ccc(F)cc3)NC(=O)CC(NC(=O)c3ccccc3)c3cccc(Cl)c3)O[C@@H]1C2. The predicted octanol–water partition coefficient (Wildman–Crippen LogP) is 6.34. The van der Waals surface area contributed by atoms with E-state index < -0.39 is 24.7 Å². The third-order valence-electron chi connectivity index (χ3n) is 9.99. The quantitative estimate of drug-likeness (QED) is 0.281. The van der Waals surface area contributed by atoms with Gasteiger partial charge in [0.15, 0.2) is 0 Å². The number of halogens is 2. The minimum atomic E-state index is -0.664. The van der Waals surface area contributed by atoms with E-state index in [0.29, 0.717) is 28.8 Å². The lowest BCUT2D eigenvalue weighted by molar-refractivity contribution is -0.199. The van der Waals surface area contributed by atoms with Crippen molar-refractivity contribution in [2.24, 2.45) is 17.3 Å². The Morgan fingerprint density at radius 2 is 1.74 bits per heavy atom. The van der Waals surface area contributed by atoms with Crippen molar-refractivity contribution in [3.8, 4) is 0 Å². The minimum absolute atomic E-state index is 0.0238. The van der Waals surface area contributed by atoms with Crippen LogP contribution < -0.4 is 10.6 Å². The number of carbonyl (C=O) groups excluding carboxylic acids is 2. The van der Waals surface area contributed by atoms with Crippen molar-refractivity contribution < 1.29 is 23.3 Å². The van der Waals surface area contributed by atoms with Crippen LogP contribution in [0.15, 0.2) is 78.9 Å². The smallest absolute Gasteiger partial charge is 0.404 e. The first kappa shape index (κ1) is 29.9. The largest absolute Gasteiger partial charge is 0.482 e. The molecule has 2 N–H and O–H groups in total. The molecule has 4 aliphatic rings. The molecule has 0 aromatic heterocycles. The Hall–Kier alpha value is -3.20. The van der Waals surface area contributed by atoms with Gasteiger partial charge in [0.1, 0.15) is 5.82 Å². The molecule has 6 nitrogen and oxygen atoms in total. The highest BCUT2D eigenvalue weighted by Gasteiger charge is 2.68. The van der Waals surface area contributed by atoms with Gasteiger partial charge >= 0.3 is 7.12 Å². The van der Waals surface area contributed by atoms with Crippen molar-refractivity contribution in [3.63, 3.8) is 0 Å². The molecule has 3 aliphatic carbocycles. The summed E-state index contributed by atoms with van der Waals surface area (Å²) in [5.41, 5.74) is 1.81. The van der Waals surface area contributed by atoms with Crippen molar-refractivity contribution in [2.75, 3.05) is 0 Å². The summed E-state index contributed by atoms with van der Waals surface area (Å²) in [6.45, 7) is 6.76. The van der Waals surface area contributed by atoms with Crippen LogP contribution in [0, 0.1) is 23.1 Å². The van der Waals surface area contributed by atoms with Gasteiger partial charge in [0.25, 0.3) is 5.91 Å². The van der Waals surface area contributed by atoms with Crippen LogP contribution in [0.3, 0.4) is 0 Å². The van der Waals surface area contributed by atoms with Gasteiger partial charge < -0.3 is 19.9 Å². The topological polar surface area (TPSA) is 76.7 Å². The molecule has 3 saturated carbocycles. The zero-order valence-corrected chi connectivity index (χ0v) is 25.4. The van der Waals surface area contributed by atoms with E-state index in [2.05, 4.69) is 31.4 Å². The van der Waals surface area contributed by atoms with Crippen LogP contribution in [0.4, 0.5) is 4.39 Å². The lowest BCUT2D eigenvalue weighted by Gasteiger charge is -2.64. The maximum Gasteiger partial charge on any atom is 0.482 e. The number of nitrogens with one attached hydrogen (secondary N) is 2. The molecule has 3 aromatic carbocycles. The lowest BCUT2D eigenvalue weighted by atomic mass is 9.43. The van der Waals surface area contributed by atoms with Gasteiger partial charge in [-0.3, -0.25) is 9.59 Å². The van der Waals surface area contributed by atoms with Crippen molar-refractivity contribution in [2.45, 2.75) is 70.1 Å². The Bertz CT molecular complexity index is 1490. The molecule has 3 aromatic rings. The summed E-state index contributed by atoms with van der Waals surface area (Å²) in [4.78, 5) is 26.9. The van der Waals surface area contributed by atoms with E-state index in [9.17, 15) is 14.0 Å². The summed E-state index contributed by atoms with van der Waals surface area (Å²) in [7, 11) is -0.664. The van der Waals surface area contributed by atoms with Crippen LogP contribution in [0.25, 0.3) is 0 Å². The average molecular weight is 603 g/mol. The van der Waals surface area contributed by atoms with E-state index in [-0.39, 0.29) is 35.6 Å². The molecule has 1 saturated heterocycles. The first-order chi connectivity index (χ1) is 20.5. The summed E-state index contributed by atoms with van der Waals surface area (Å²) in [5.74, 6) is -0.446. The highest BCUT2D eigenvalue weighted by Crippen LogP contribution is 2.65. The fourth-order valence-electron chi connectivity index (χ4n) is 7.42. The van der Waals surface area contributed by atoms with Gasteiger partial charge in [-0.1, -0.05) is 67.9 Å². The molecule has 6 atom stereocenters. The summed E-state index contributed by atoms with van der Waals surface area (Å²) >= 11 is 6.29. The van der Waals surface area contributed by atoms with Crippen molar-refractivity contribution in [1.29, 1.82) is 0 Å². The summed E-state index contributed by atoms with van der Waals surface area (Å²) in [6.07, 6.45) is 2.37. The van der Waals surface area contributed by atoms with Crippen LogP contribution >= 0.6 is 11.6 Å². The number of hydrogen-bond donors (Lipinski definition) is 2. The fraction of sp³-hybridized carbons (Fsp3) is 0.412. The third kappa shape index (κ3) is 5.97. The van der Waals surface area contributed by atoms with E-state index in [1.807, 2.05) is 12.1 Å². The number of amides is 2. The molecule has 2 amide bonds. The monoisotopic (exact) mass is 602 g/mol. The molecular weight excluding hydrogens is 566 g/mol. The average Bonchev–Trinajstić information content (AvgIpc) is 3.35. The molecule has 9 heteroatoms. The third-order valence-corrected chi connectivity index (χ3v) is 10.2. The lowest BCUT2D eigenvalue weighted by Crippen LogP contribution is -2.65. The molecule has 0 spiro atoms. The van der Waals surface area contributed by atoms with Crippen LogP contribution in [0.1, 0.15) is 67.6 Å². The summed E-state index contributed by atoms with van der Waals surface area (Å²) < 4.78 is 27.0.